The van der Waals surface area contributed by atoms with E-state index in [1.807, 2.05) is 35.7 Å². The van der Waals surface area contributed by atoms with Gasteiger partial charge in [-0.15, -0.1) is 11.3 Å². The van der Waals surface area contributed by atoms with Gasteiger partial charge in [0.15, 0.2) is 0 Å². The number of nitrogens with zero attached hydrogens (tertiary/aromatic N) is 3. The summed E-state index contributed by atoms with van der Waals surface area (Å²) < 4.78 is 2.84. The van der Waals surface area contributed by atoms with Crippen molar-refractivity contribution in [2.24, 2.45) is 10.1 Å². The highest BCUT2D eigenvalue weighted by atomic mass is 79.9. The lowest BCUT2D eigenvalue weighted by Crippen LogP contribution is -2.11. The maximum absolute atomic E-state index is 6.21. The number of aromatic nitrogens is 1. The molecule has 1 heterocycles. The molecule has 0 saturated carbocycles. The van der Waals surface area contributed by atoms with Crippen LogP contribution in [0.15, 0.2) is 62.4 Å². The van der Waals surface area contributed by atoms with E-state index in [9.17, 15) is 0 Å². The van der Waals surface area contributed by atoms with Crippen molar-refractivity contribution in [2.45, 2.75) is 0 Å². The SMILES string of the molecule is CN=c1scc(-c2ccc(Br)cc2)n1N=Cc1ccc(Cl)cc1Cl. The van der Waals surface area contributed by atoms with Crippen LogP contribution in [0.3, 0.4) is 0 Å². The highest BCUT2D eigenvalue weighted by Gasteiger charge is 2.07. The van der Waals surface area contributed by atoms with Gasteiger partial charge in [-0.2, -0.15) is 5.10 Å². The van der Waals surface area contributed by atoms with Crippen LogP contribution in [0.5, 0.6) is 0 Å². The van der Waals surface area contributed by atoms with E-state index < -0.39 is 0 Å². The van der Waals surface area contributed by atoms with Gasteiger partial charge in [0.25, 0.3) is 0 Å². The Labute approximate surface area is 162 Å². The van der Waals surface area contributed by atoms with Gasteiger partial charge in [0.05, 0.1) is 16.9 Å². The van der Waals surface area contributed by atoms with E-state index >= 15 is 0 Å². The Bertz CT molecular complexity index is 959. The standard InChI is InChI=1S/C17H12BrCl2N3S/c1-21-17-23(22-9-12-4-7-14(19)8-15(12)20)16(10-24-17)11-2-5-13(18)6-3-11/h2-10H,1H3. The van der Waals surface area contributed by atoms with Crippen molar-refractivity contribution in [3.8, 4) is 11.3 Å². The van der Waals surface area contributed by atoms with E-state index in [-0.39, 0.29) is 0 Å². The van der Waals surface area contributed by atoms with Crippen LogP contribution in [-0.4, -0.2) is 17.9 Å². The Morgan fingerprint density at radius 1 is 1.12 bits per heavy atom. The number of thiazole rings is 1. The number of benzene rings is 2. The third-order valence-electron chi connectivity index (χ3n) is 3.29. The fourth-order valence-electron chi connectivity index (χ4n) is 2.11. The third kappa shape index (κ3) is 3.81. The smallest absolute Gasteiger partial charge is 0.205 e. The second-order valence-corrected chi connectivity index (χ2v) is 7.45. The molecule has 3 aromatic rings. The highest BCUT2D eigenvalue weighted by molar-refractivity contribution is 9.10. The average molecular weight is 441 g/mol. The zero-order valence-electron chi connectivity index (χ0n) is 12.6. The molecular weight excluding hydrogens is 429 g/mol. The molecule has 0 aliphatic rings. The Balaban J connectivity index is 2.05. The number of hydrogen-bond donors (Lipinski definition) is 0. The molecule has 0 saturated heterocycles. The maximum atomic E-state index is 6.21. The molecule has 0 fully saturated rings. The van der Waals surface area contributed by atoms with Crippen LogP contribution in [0.25, 0.3) is 11.3 Å². The first-order chi connectivity index (χ1) is 11.6. The lowest BCUT2D eigenvalue weighted by atomic mass is 10.2. The van der Waals surface area contributed by atoms with E-state index in [4.69, 9.17) is 23.2 Å². The molecule has 0 aliphatic heterocycles. The first-order valence-electron chi connectivity index (χ1n) is 6.97. The fourth-order valence-corrected chi connectivity index (χ4v) is 3.63. The molecule has 7 heteroatoms. The zero-order valence-corrected chi connectivity index (χ0v) is 16.5. The molecule has 24 heavy (non-hydrogen) atoms. The van der Waals surface area contributed by atoms with Crippen molar-refractivity contribution in [1.29, 1.82) is 0 Å². The quantitative estimate of drug-likeness (QED) is 0.467. The summed E-state index contributed by atoms with van der Waals surface area (Å²) in [7, 11) is 1.75. The predicted molar refractivity (Wildman–Crippen MR) is 106 cm³/mol. The van der Waals surface area contributed by atoms with Crippen LogP contribution in [0.4, 0.5) is 0 Å². The molecule has 3 nitrogen and oxygen atoms in total. The minimum absolute atomic E-state index is 0.558. The van der Waals surface area contributed by atoms with Crippen molar-refractivity contribution >= 4 is 56.7 Å². The van der Waals surface area contributed by atoms with E-state index in [2.05, 4.69) is 26.0 Å². The molecule has 0 amide bonds. The summed E-state index contributed by atoms with van der Waals surface area (Å²) in [5.74, 6) is 0. The van der Waals surface area contributed by atoms with Crippen LogP contribution in [0.1, 0.15) is 5.56 Å². The molecule has 0 spiro atoms. The maximum Gasteiger partial charge on any atom is 0.205 e. The summed E-state index contributed by atoms with van der Waals surface area (Å²) in [5, 5.41) is 7.75. The largest absolute Gasteiger partial charge is 0.261 e. The van der Waals surface area contributed by atoms with Gasteiger partial charge in [0.1, 0.15) is 0 Å². The number of rotatable bonds is 3. The Hall–Kier alpha value is -1.40. The van der Waals surface area contributed by atoms with Crippen LogP contribution in [-0.2, 0) is 0 Å². The predicted octanol–water partition coefficient (Wildman–Crippen LogP) is 5.70. The second kappa shape index (κ2) is 7.66. The highest BCUT2D eigenvalue weighted by Crippen LogP contribution is 2.23. The van der Waals surface area contributed by atoms with Crippen molar-refractivity contribution < 1.29 is 0 Å². The summed E-state index contributed by atoms with van der Waals surface area (Å²) in [6, 6.07) is 13.4. The fraction of sp³-hybridized carbons (Fsp3) is 0.0588. The molecule has 2 aromatic carbocycles. The average Bonchev–Trinajstić information content (AvgIpc) is 2.97. The van der Waals surface area contributed by atoms with Crippen molar-refractivity contribution in [2.75, 3.05) is 7.05 Å². The van der Waals surface area contributed by atoms with Gasteiger partial charge in [0.2, 0.25) is 4.80 Å². The van der Waals surface area contributed by atoms with Crippen LogP contribution >= 0.6 is 50.5 Å². The van der Waals surface area contributed by atoms with E-state index in [1.54, 1.807) is 30.1 Å². The molecule has 0 radical (unpaired) electrons. The monoisotopic (exact) mass is 439 g/mol. The molecule has 0 N–H and O–H groups in total. The summed E-state index contributed by atoms with van der Waals surface area (Å²) in [6.45, 7) is 0. The first-order valence-corrected chi connectivity index (χ1v) is 9.40. The van der Waals surface area contributed by atoms with Crippen molar-refractivity contribution in [3.63, 3.8) is 0 Å². The van der Waals surface area contributed by atoms with Crippen molar-refractivity contribution in [3.05, 3.63) is 72.7 Å². The summed E-state index contributed by atoms with van der Waals surface area (Å²) in [5.41, 5.74) is 2.82. The molecule has 0 aliphatic carbocycles. The van der Waals surface area contributed by atoms with Crippen LogP contribution in [0, 0.1) is 0 Å². The van der Waals surface area contributed by atoms with Gasteiger partial charge >= 0.3 is 0 Å². The second-order valence-electron chi connectivity index (χ2n) is 4.86. The Morgan fingerprint density at radius 2 is 1.88 bits per heavy atom. The summed E-state index contributed by atoms with van der Waals surface area (Å²) in [4.78, 5) is 5.09. The van der Waals surface area contributed by atoms with Crippen LogP contribution < -0.4 is 4.80 Å². The van der Waals surface area contributed by atoms with Gasteiger partial charge < -0.3 is 0 Å². The normalized spacial score (nSPS) is 12.2. The van der Waals surface area contributed by atoms with E-state index in [0.29, 0.717) is 10.0 Å². The molecule has 3 rings (SSSR count). The molecule has 122 valence electrons. The summed E-state index contributed by atoms with van der Waals surface area (Å²) >= 11 is 17.1. The van der Waals surface area contributed by atoms with Gasteiger partial charge in [-0.05, 0) is 24.3 Å². The van der Waals surface area contributed by atoms with Gasteiger partial charge in [0, 0.05) is 33.0 Å². The molecule has 0 bridgehead atoms. The molecule has 0 atom stereocenters. The van der Waals surface area contributed by atoms with Crippen molar-refractivity contribution in [1.82, 2.24) is 4.68 Å². The topological polar surface area (TPSA) is 29.6 Å². The van der Waals surface area contributed by atoms with Crippen LogP contribution in [0.2, 0.25) is 10.0 Å². The molecular formula is C17H12BrCl2N3S. The summed E-state index contributed by atoms with van der Waals surface area (Å²) in [6.07, 6.45) is 1.71. The minimum atomic E-state index is 0.558. The van der Waals surface area contributed by atoms with Gasteiger partial charge in [-0.1, -0.05) is 57.3 Å². The number of halogens is 3. The molecule has 1 aromatic heterocycles. The Morgan fingerprint density at radius 3 is 2.54 bits per heavy atom. The first kappa shape index (κ1) is 17.4. The minimum Gasteiger partial charge on any atom is -0.261 e. The number of hydrogen-bond acceptors (Lipinski definition) is 3. The lowest BCUT2D eigenvalue weighted by molar-refractivity contribution is 0.848. The van der Waals surface area contributed by atoms with Gasteiger partial charge in [-0.25, -0.2) is 4.68 Å². The van der Waals surface area contributed by atoms with Gasteiger partial charge in [-0.3, -0.25) is 4.99 Å². The zero-order chi connectivity index (χ0) is 17.1. The Kier molecular flexibility index (Phi) is 5.56. The lowest BCUT2D eigenvalue weighted by Gasteiger charge is -2.04. The third-order valence-corrected chi connectivity index (χ3v) is 5.29. The van der Waals surface area contributed by atoms with E-state index in [1.165, 1.54) is 11.3 Å². The molecule has 0 unspecified atom stereocenters. The van der Waals surface area contributed by atoms with E-state index in [0.717, 1.165) is 26.1 Å².